The highest BCUT2D eigenvalue weighted by molar-refractivity contribution is 5.95. The Bertz CT molecular complexity index is 1130. The lowest BCUT2D eigenvalue weighted by Gasteiger charge is -2.34. The SMILES string of the molecule is O=C(c1ccc(CN2C(=O)CCn3nccc32)cc1)N1CCN(C(=O)c2ccco2)CC1. The van der Waals surface area contributed by atoms with Crippen molar-refractivity contribution >= 4 is 23.5 Å². The minimum atomic E-state index is -0.153. The summed E-state index contributed by atoms with van der Waals surface area (Å²) < 4.78 is 7.01. The number of carbonyl (C=O) groups excluding carboxylic acids is 3. The molecule has 32 heavy (non-hydrogen) atoms. The van der Waals surface area contributed by atoms with Crippen LogP contribution < -0.4 is 4.90 Å². The fourth-order valence-electron chi connectivity index (χ4n) is 4.15. The van der Waals surface area contributed by atoms with Gasteiger partial charge in [0.2, 0.25) is 5.91 Å². The molecule has 4 heterocycles. The molecule has 1 saturated heterocycles. The summed E-state index contributed by atoms with van der Waals surface area (Å²) >= 11 is 0. The highest BCUT2D eigenvalue weighted by Crippen LogP contribution is 2.23. The first-order valence-corrected chi connectivity index (χ1v) is 10.6. The number of furan rings is 1. The van der Waals surface area contributed by atoms with E-state index in [1.165, 1.54) is 6.26 Å². The molecule has 9 nitrogen and oxygen atoms in total. The van der Waals surface area contributed by atoms with Crippen LogP contribution in [0.2, 0.25) is 0 Å². The number of benzene rings is 1. The number of fused-ring (bicyclic) bond motifs is 1. The predicted molar refractivity (Wildman–Crippen MR) is 115 cm³/mol. The maximum Gasteiger partial charge on any atom is 0.289 e. The van der Waals surface area contributed by atoms with Crippen LogP contribution in [-0.4, -0.2) is 63.5 Å². The molecule has 3 aromatic rings. The van der Waals surface area contributed by atoms with Crippen LogP contribution in [0.4, 0.5) is 5.82 Å². The highest BCUT2D eigenvalue weighted by Gasteiger charge is 2.27. The van der Waals surface area contributed by atoms with Crippen molar-refractivity contribution in [3.05, 3.63) is 71.8 Å². The number of anilines is 1. The molecule has 2 aromatic heterocycles. The Hall–Kier alpha value is -3.88. The van der Waals surface area contributed by atoms with Crippen LogP contribution in [0, 0.1) is 0 Å². The summed E-state index contributed by atoms with van der Waals surface area (Å²) in [6.45, 7) is 2.92. The third kappa shape index (κ3) is 3.77. The monoisotopic (exact) mass is 433 g/mol. The predicted octanol–water partition coefficient (Wildman–Crippen LogP) is 2.01. The lowest BCUT2D eigenvalue weighted by Crippen LogP contribution is -2.50. The molecular weight excluding hydrogens is 410 g/mol. The number of carbonyl (C=O) groups is 3. The van der Waals surface area contributed by atoms with Crippen molar-refractivity contribution < 1.29 is 18.8 Å². The normalized spacial score (nSPS) is 16.2. The van der Waals surface area contributed by atoms with Gasteiger partial charge in [-0.05, 0) is 29.8 Å². The van der Waals surface area contributed by atoms with E-state index in [2.05, 4.69) is 5.10 Å². The zero-order valence-corrected chi connectivity index (χ0v) is 17.5. The zero-order valence-electron chi connectivity index (χ0n) is 17.5. The van der Waals surface area contributed by atoms with Crippen LogP contribution in [0.25, 0.3) is 0 Å². The van der Waals surface area contributed by atoms with Gasteiger partial charge >= 0.3 is 0 Å². The van der Waals surface area contributed by atoms with E-state index in [0.717, 1.165) is 11.4 Å². The summed E-state index contributed by atoms with van der Waals surface area (Å²) in [5.74, 6) is 0.966. The number of aromatic nitrogens is 2. The van der Waals surface area contributed by atoms with Crippen LogP contribution in [0.3, 0.4) is 0 Å². The Labute approximate surface area is 184 Å². The molecule has 0 saturated carbocycles. The van der Waals surface area contributed by atoms with E-state index in [1.807, 2.05) is 22.9 Å². The molecule has 2 aliphatic rings. The van der Waals surface area contributed by atoms with Gasteiger partial charge in [0.1, 0.15) is 5.82 Å². The second-order valence-corrected chi connectivity index (χ2v) is 7.90. The molecule has 164 valence electrons. The van der Waals surface area contributed by atoms with Crippen molar-refractivity contribution in [3.63, 3.8) is 0 Å². The fraction of sp³-hybridized carbons (Fsp3) is 0.304. The van der Waals surface area contributed by atoms with E-state index >= 15 is 0 Å². The maximum atomic E-state index is 12.9. The average Bonchev–Trinajstić information content (AvgIpc) is 3.53. The minimum absolute atomic E-state index is 0.0613. The molecule has 0 unspecified atom stereocenters. The molecule has 2 aliphatic heterocycles. The summed E-state index contributed by atoms with van der Waals surface area (Å²) in [7, 11) is 0. The van der Waals surface area contributed by atoms with Gasteiger partial charge in [0, 0.05) is 44.2 Å². The average molecular weight is 433 g/mol. The molecule has 0 atom stereocenters. The van der Waals surface area contributed by atoms with Gasteiger partial charge in [0.15, 0.2) is 5.76 Å². The topological polar surface area (TPSA) is 91.9 Å². The van der Waals surface area contributed by atoms with E-state index < -0.39 is 0 Å². The molecule has 0 radical (unpaired) electrons. The molecule has 0 bridgehead atoms. The third-order valence-corrected chi connectivity index (χ3v) is 5.94. The van der Waals surface area contributed by atoms with E-state index in [0.29, 0.717) is 57.0 Å². The van der Waals surface area contributed by atoms with Crippen molar-refractivity contribution in [2.75, 3.05) is 31.1 Å². The van der Waals surface area contributed by atoms with Gasteiger partial charge in [-0.3, -0.25) is 19.3 Å². The number of nitrogens with zero attached hydrogens (tertiary/aromatic N) is 5. The largest absolute Gasteiger partial charge is 0.459 e. The zero-order chi connectivity index (χ0) is 22.1. The summed E-state index contributed by atoms with van der Waals surface area (Å²) in [4.78, 5) is 42.9. The first-order chi connectivity index (χ1) is 15.6. The smallest absolute Gasteiger partial charge is 0.289 e. The Morgan fingerprint density at radius 3 is 2.31 bits per heavy atom. The Morgan fingerprint density at radius 1 is 0.906 bits per heavy atom. The third-order valence-electron chi connectivity index (χ3n) is 5.94. The Balaban J connectivity index is 1.20. The summed E-state index contributed by atoms with van der Waals surface area (Å²) in [5.41, 5.74) is 1.54. The molecule has 0 N–H and O–H groups in total. The van der Waals surface area contributed by atoms with Gasteiger partial charge < -0.3 is 14.2 Å². The summed E-state index contributed by atoms with van der Waals surface area (Å²) in [5, 5.41) is 4.25. The van der Waals surface area contributed by atoms with Gasteiger partial charge in [-0.2, -0.15) is 5.10 Å². The molecule has 5 rings (SSSR count). The summed E-state index contributed by atoms with van der Waals surface area (Å²) in [6.07, 6.45) is 3.61. The van der Waals surface area contributed by atoms with E-state index in [4.69, 9.17) is 4.42 Å². The molecule has 3 amide bonds. The minimum Gasteiger partial charge on any atom is -0.459 e. The van der Waals surface area contributed by atoms with Crippen LogP contribution >= 0.6 is 0 Å². The van der Waals surface area contributed by atoms with Crippen LogP contribution in [-0.2, 0) is 17.9 Å². The van der Waals surface area contributed by atoms with Gasteiger partial charge in [-0.15, -0.1) is 0 Å². The maximum absolute atomic E-state index is 12.9. The Morgan fingerprint density at radius 2 is 1.62 bits per heavy atom. The van der Waals surface area contributed by atoms with Crippen LogP contribution in [0.1, 0.15) is 32.9 Å². The van der Waals surface area contributed by atoms with Crippen LogP contribution in [0.5, 0.6) is 0 Å². The van der Waals surface area contributed by atoms with Gasteiger partial charge in [0.25, 0.3) is 11.8 Å². The molecule has 0 aliphatic carbocycles. The quantitative estimate of drug-likeness (QED) is 0.628. The van der Waals surface area contributed by atoms with Crippen molar-refractivity contribution in [1.82, 2.24) is 19.6 Å². The van der Waals surface area contributed by atoms with Gasteiger partial charge in [0.05, 0.1) is 25.5 Å². The first-order valence-electron chi connectivity index (χ1n) is 10.6. The van der Waals surface area contributed by atoms with Crippen molar-refractivity contribution in [2.45, 2.75) is 19.5 Å². The second kappa shape index (κ2) is 8.33. The second-order valence-electron chi connectivity index (χ2n) is 7.90. The van der Waals surface area contributed by atoms with E-state index in [9.17, 15) is 14.4 Å². The molecule has 1 aromatic carbocycles. The van der Waals surface area contributed by atoms with Crippen LogP contribution in [0.15, 0.2) is 59.3 Å². The fourth-order valence-corrected chi connectivity index (χ4v) is 4.15. The highest BCUT2D eigenvalue weighted by atomic mass is 16.3. The first kappa shape index (κ1) is 20.0. The van der Waals surface area contributed by atoms with Crippen molar-refractivity contribution in [1.29, 1.82) is 0 Å². The van der Waals surface area contributed by atoms with E-state index in [-0.39, 0.29) is 17.7 Å². The number of hydrogen-bond acceptors (Lipinski definition) is 5. The van der Waals surface area contributed by atoms with Gasteiger partial charge in [-0.25, -0.2) is 4.68 Å². The molecule has 0 spiro atoms. The lowest BCUT2D eigenvalue weighted by atomic mass is 10.1. The number of rotatable bonds is 4. The van der Waals surface area contributed by atoms with Gasteiger partial charge in [-0.1, -0.05) is 12.1 Å². The summed E-state index contributed by atoms with van der Waals surface area (Å²) in [6, 6.07) is 12.5. The Kier molecular flexibility index (Phi) is 5.22. The number of hydrogen-bond donors (Lipinski definition) is 0. The number of aryl methyl sites for hydroxylation is 1. The number of amides is 3. The van der Waals surface area contributed by atoms with E-state index in [1.54, 1.807) is 45.2 Å². The van der Waals surface area contributed by atoms with Crippen molar-refractivity contribution in [3.8, 4) is 0 Å². The lowest BCUT2D eigenvalue weighted by molar-refractivity contribution is -0.119. The molecule has 1 fully saturated rings. The standard InChI is InChI=1S/C23H23N5O4/c29-21-8-10-28-20(7-9-24-28)27(21)16-17-3-5-18(6-4-17)22(30)25-11-13-26(14-12-25)23(31)19-2-1-15-32-19/h1-7,9,15H,8,10-14,16H2. The molecular formula is C23H23N5O4. The molecule has 9 heteroatoms. The van der Waals surface area contributed by atoms with Crippen molar-refractivity contribution in [2.24, 2.45) is 0 Å². The number of piperazine rings is 1.